The van der Waals surface area contributed by atoms with Crippen molar-refractivity contribution in [3.63, 3.8) is 0 Å². The van der Waals surface area contributed by atoms with Crippen LogP contribution < -0.4 is 11.1 Å². The molecule has 24 heavy (non-hydrogen) atoms. The molecule has 5 rings (SSSR count). The Bertz CT molecular complexity index is 1390. The van der Waals surface area contributed by atoms with Gasteiger partial charge in [0.15, 0.2) is 0 Å². The van der Waals surface area contributed by atoms with Crippen LogP contribution in [0.1, 0.15) is 0 Å². The van der Waals surface area contributed by atoms with Gasteiger partial charge in [0.25, 0.3) is 0 Å². The number of para-hydroxylation sites is 2. The second-order valence-corrected chi connectivity index (χ2v) is 5.55. The molecule has 0 aliphatic rings. The molecule has 0 unspecified atom stereocenters. The summed E-state index contributed by atoms with van der Waals surface area (Å²) < 4.78 is 11.1. The molecule has 0 saturated heterocycles. The lowest BCUT2D eigenvalue weighted by Gasteiger charge is -2.04. The highest BCUT2D eigenvalue weighted by molar-refractivity contribution is 6.05. The van der Waals surface area contributed by atoms with Gasteiger partial charge >= 0.3 is 5.63 Å². The highest BCUT2D eigenvalue weighted by atomic mass is 16.4. The first-order valence-corrected chi connectivity index (χ1v) is 7.40. The van der Waals surface area contributed by atoms with Crippen LogP contribution in [0.5, 0.6) is 0 Å². The smallest absolute Gasteiger partial charge is 0.345 e. The highest BCUT2D eigenvalue weighted by Crippen LogP contribution is 2.25. The van der Waals surface area contributed by atoms with Gasteiger partial charge < -0.3 is 8.83 Å². The van der Waals surface area contributed by atoms with E-state index in [4.69, 9.17) is 8.83 Å². The van der Waals surface area contributed by atoms with E-state index in [1.165, 1.54) is 6.07 Å². The number of aromatic nitrogens is 1. The molecule has 0 saturated carbocycles. The number of rotatable bonds is 0. The summed E-state index contributed by atoms with van der Waals surface area (Å²) in [6.45, 7) is 0. The van der Waals surface area contributed by atoms with Crippen molar-refractivity contribution < 1.29 is 8.83 Å². The second kappa shape index (κ2) is 4.52. The lowest BCUT2D eigenvalue weighted by molar-refractivity contribution is 0.569. The maximum atomic E-state index is 12.7. The first-order chi connectivity index (χ1) is 11.7. The van der Waals surface area contributed by atoms with Crippen LogP contribution in [-0.4, -0.2) is 4.98 Å². The molecule has 114 valence electrons. The van der Waals surface area contributed by atoms with Gasteiger partial charge in [-0.2, -0.15) is 0 Å². The standard InChI is InChI=1S/C19H9NO4/c21-17-11-6-2-4-8-15(11)23-18-13(17)9-12-16(20-18)10-5-1-3-7-14(10)24-19(12)22/h1-9H. The number of benzene rings is 2. The average Bonchev–Trinajstić information content (AvgIpc) is 2.61. The van der Waals surface area contributed by atoms with E-state index in [0.717, 1.165) is 0 Å². The molecule has 5 aromatic rings. The third-order valence-electron chi connectivity index (χ3n) is 4.14. The molecule has 0 N–H and O–H groups in total. The van der Waals surface area contributed by atoms with Gasteiger partial charge in [-0.3, -0.25) is 4.79 Å². The minimum atomic E-state index is -0.523. The molecule has 0 bridgehead atoms. The Kier molecular flexibility index (Phi) is 2.45. The van der Waals surface area contributed by atoms with Gasteiger partial charge in [0.2, 0.25) is 11.1 Å². The Labute approximate surface area is 133 Å². The predicted molar refractivity (Wildman–Crippen MR) is 91.3 cm³/mol. The molecule has 0 aliphatic carbocycles. The summed E-state index contributed by atoms with van der Waals surface area (Å²) in [6.07, 6.45) is 0. The SMILES string of the molecule is O=c1c2ccccc2oc2nc3c(cc12)c(=O)oc1ccccc13. The van der Waals surface area contributed by atoms with Gasteiger partial charge in [-0.05, 0) is 30.3 Å². The molecule has 2 aromatic carbocycles. The van der Waals surface area contributed by atoms with Crippen molar-refractivity contribution in [3.8, 4) is 0 Å². The molecule has 0 aliphatic heterocycles. The van der Waals surface area contributed by atoms with Crippen molar-refractivity contribution in [1.82, 2.24) is 4.98 Å². The molecule has 3 heterocycles. The summed E-state index contributed by atoms with van der Waals surface area (Å²) in [4.78, 5) is 29.4. The number of hydrogen-bond acceptors (Lipinski definition) is 5. The summed E-state index contributed by atoms with van der Waals surface area (Å²) in [7, 11) is 0. The van der Waals surface area contributed by atoms with E-state index in [0.29, 0.717) is 27.5 Å². The molecule has 0 fully saturated rings. The average molecular weight is 315 g/mol. The fraction of sp³-hybridized carbons (Fsp3) is 0. The van der Waals surface area contributed by atoms with E-state index in [2.05, 4.69) is 4.98 Å². The molecule has 0 spiro atoms. The maximum Gasteiger partial charge on any atom is 0.345 e. The third kappa shape index (κ3) is 1.66. The number of nitrogens with zero attached hydrogens (tertiary/aromatic N) is 1. The van der Waals surface area contributed by atoms with Gasteiger partial charge in [-0.1, -0.05) is 24.3 Å². The summed E-state index contributed by atoms with van der Waals surface area (Å²) in [6, 6.07) is 15.6. The van der Waals surface area contributed by atoms with Crippen LogP contribution >= 0.6 is 0 Å². The zero-order valence-corrected chi connectivity index (χ0v) is 12.3. The molecule has 0 amide bonds. The van der Waals surface area contributed by atoms with E-state index < -0.39 is 5.63 Å². The zero-order chi connectivity index (χ0) is 16.3. The molecule has 0 radical (unpaired) electrons. The summed E-state index contributed by atoms with van der Waals surface area (Å²) in [5.74, 6) is 0. The summed E-state index contributed by atoms with van der Waals surface area (Å²) >= 11 is 0. The molecular weight excluding hydrogens is 306 g/mol. The fourth-order valence-electron chi connectivity index (χ4n) is 3.00. The Morgan fingerprint density at radius 1 is 0.708 bits per heavy atom. The molecule has 3 aromatic heterocycles. The quantitative estimate of drug-likeness (QED) is 0.248. The third-order valence-corrected chi connectivity index (χ3v) is 4.14. The zero-order valence-electron chi connectivity index (χ0n) is 12.3. The van der Waals surface area contributed by atoms with Gasteiger partial charge in [-0.15, -0.1) is 0 Å². The van der Waals surface area contributed by atoms with Crippen molar-refractivity contribution in [2.24, 2.45) is 0 Å². The van der Waals surface area contributed by atoms with Crippen LogP contribution in [0.4, 0.5) is 0 Å². The van der Waals surface area contributed by atoms with E-state index in [-0.39, 0.29) is 21.9 Å². The van der Waals surface area contributed by atoms with Crippen LogP contribution in [0.2, 0.25) is 0 Å². The van der Waals surface area contributed by atoms with Crippen molar-refractivity contribution in [2.45, 2.75) is 0 Å². The second-order valence-electron chi connectivity index (χ2n) is 5.55. The van der Waals surface area contributed by atoms with E-state index in [9.17, 15) is 9.59 Å². The Morgan fingerprint density at radius 3 is 2.17 bits per heavy atom. The van der Waals surface area contributed by atoms with Crippen molar-refractivity contribution in [3.05, 3.63) is 75.2 Å². The Balaban J connectivity index is 2.09. The van der Waals surface area contributed by atoms with Crippen LogP contribution in [0.25, 0.3) is 43.9 Å². The molecular formula is C19H9NO4. The topological polar surface area (TPSA) is 73.3 Å². The lowest BCUT2D eigenvalue weighted by atomic mass is 10.1. The van der Waals surface area contributed by atoms with Gasteiger partial charge in [0.1, 0.15) is 11.2 Å². The molecule has 5 heteroatoms. The van der Waals surface area contributed by atoms with Crippen LogP contribution in [0.15, 0.2) is 73.0 Å². The van der Waals surface area contributed by atoms with Crippen LogP contribution in [-0.2, 0) is 0 Å². The van der Waals surface area contributed by atoms with E-state index in [1.54, 1.807) is 36.4 Å². The van der Waals surface area contributed by atoms with Gasteiger partial charge in [0, 0.05) is 5.39 Å². The van der Waals surface area contributed by atoms with Crippen LogP contribution in [0, 0.1) is 0 Å². The van der Waals surface area contributed by atoms with Gasteiger partial charge in [0.05, 0.1) is 21.7 Å². The van der Waals surface area contributed by atoms with Gasteiger partial charge in [-0.25, -0.2) is 9.78 Å². The van der Waals surface area contributed by atoms with Crippen molar-refractivity contribution in [2.75, 3.05) is 0 Å². The van der Waals surface area contributed by atoms with E-state index >= 15 is 0 Å². The highest BCUT2D eigenvalue weighted by Gasteiger charge is 2.14. The summed E-state index contributed by atoms with van der Waals surface area (Å²) in [5.41, 5.74) is 0.855. The van der Waals surface area contributed by atoms with Crippen LogP contribution in [0.3, 0.4) is 0 Å². The predicted octanol–water partition coefficient (Wildman–Crippen LogP) is 3.60. The fourth-order valence-corrected chi connectivity index (χ4v) is 3.00. The monoisotopic (exact) mass is 315 g/mol. The van der Waals surface area contributed by atoms with Crippen molar-refractivity contribution >= 4 is 43.9 Å². The number of hydrogen-bond donors (Lipinski definition) is 0. The Morgan fingerprint density at radius 2 is 1.38 bits per heavy atom. The minimum Gasteiger partial charge on any atom is -0.437 e. The molecule has 0 atom stereocenters. The number of pyridine rings is 1. The first-order valence-electron chi connectivity index (χ1n) is 7.40. The maximum absolute atomic E-state index is 12.7. The number of fused-ring (bicyclic) bond motifs is 5. The lowest BCUT2D eigenvalue weighted by Crippen LogP contribution is -2.06. The first kappa shape index (κ1) is 13.0. The normalized spacial score (nSPS) is 11.7. The van der Waals surface area contributed by atoms with E-state index in [1.807, 2.05) is 12.1 Å². The molecule has 5 nitrogen and oxygen atoms in total. The Hall–Kier alpha value is -3.47. The van der Waals surface area contributed by atoms with Crippen molar-refractivity contribution in [1.29, 1.82) is 0 Å². The largest absolute Gasteiger partial charge is 0.437 e. The minimum absolute atomic E-state index is 0.210. The summed E-state index contributed by atoms with van der Waals surface area (Å²) in [5, 5.41) is 1.69.